The number of carbonyl (C=O) groups is 1. The Morgan fingerprint density at radius 3 is 2.86 bits per heavy atom. The van der Waals surface area contributed by atoms with Gasteiger partial charge in [0.2, 0.25) is 11.8 Å². The Labute approximate surface area is 129 Å². The molecular formula is C13H14BrN3O4. The van der Waals surface area contributed by atoms with E-state index in [-0.39, 0.29) is 12.0 Å². The molecule has 21 heavy (non-hydrogen) atoms. The SMILES string of the molecule is Cc1nnc([C@H]2CN(C(=O)c3ccoc3Br)C[C@@H](C)O2)o1. The highest BCUT2D eigenvalue weighted by molar-refractivity contribution is 9.10. The highest BCUT2D eigenvalue weighted by Crippen LogP contribution is 2.27. The maximum absolute atomic E-state index is 12.5. The van der Waals surface area contributed by atoms with Crippen molar-refractivity contribution in [3.63, 3.8) is 0 Å². The lowest BCUT2D eigenvalue weighted by molar-refractivity contribution is -0.0797. The predicted molar refractivity (Wildman–Crippen MR) is 74.6 cm³/mol. The molecule has 2 atom stereocenters. The minimum Gasteiger partial charge on any atom is -0.457 e. The van der Waals surface area contributed by atoms with Crippen LogP contribution in [-0.4, -0.2) is 40.2 Å². The van der Waals surface area contributed by atoms with Gasteiger partial charge in [-0.05, 0) is 28.9 Å². The van der Waals surface area contributed by atoms with E-state index in [1.807, 2.05) is 6.92 Å². The average Bonchev–Trinajstić information content (AvgIpc) is 3.06. The first kappa shape index (κ1) is 14.3. The third-order valence-electron chi connectivity index (χ3n) is 3.21. The highest BCUT2D eigenvalue weighted by Gasteiger charge is 2.33. The molecule has 0 unspecified atom stereocenters. The van der Waals surface area contributed by atoms with Crippen molar-refractivity contribution in [2.45, 2.75) is 26.1 Å². The summed E-state index contributed by atoms with van der Waals surface area (Å²) in [5, 5.41) is 7.77. The van der Waals surface area contributed by atoms with Crippen molar-refractivity contribution < 1.29 is 18.4 Å². The average molecular weight is 356 g/mol. The van der Waals surface area contributed by atoms with Crippen LogP contribution in [0, 0.1) is 6.92 Å². The number of hydrogen-bond donors (Lipinski definition) is 0. The van der Waals surface area contributed by atoms with E-state index in [2.05, 4.69) is 26.1 Å². The summed E-state index contributed by atoms with van der Waals surface area (Å²) < 4.78 is 16.7. The molecule has 2 aromatic heterocycles. The number of aryl methyl sites for hydroxylation is 1. The molecule has 0 saturated carbocycles. The molecule has 8 heteroatoms. The second-order valence-electron chi connectivity index (χ2n) is 4.91. The number of rotatable bonds is 2. The van der Waals surface area contributed by atoms with Crippen LogP contribution >= 0.6 is 15.9 Å². The van der Waals surface area contributed by atoms with Crippen molar-refractivity contribution in [3.05, 3.63) is 34.3 Å². The summed E-state index contributed by atoms with van der Waals surface area (Å²) in [4.78, 5) is 14.2. The van der Waals surface area contributed by atoms with Gasteiger partial charge in [-0.2, -0.15) is 0 Å². The fourth-order valence-electron chi connectivity index (χ4n) is 2.31. The van der Waals surface area contributed by atoms with E-state index < -0.39 is 6.10 Å². The van der Waals surface area contributed by atoms with Crippen LogP contribution in [-0.2, 0) is 4.74 Å². The summed E-state index contributed by atoms with van der Waals surface area (Å²) in [6.07, 6.45) is 0.940. The molecule has 2 aromatic rings. The van der Waals surface area contributed by atoms with Gasteiger partial charge >= 0.3 is 0 Å². The summed E-state index contributed by atoms with van der Waals surface area (Å²) >= 11 is 3.23. The molecular weight excluding hydrogens is 342 g/mol. The van der Waals surface area contributed by atoms with E-state index in [0.29, 0.717) is 35.1 Å². The van der Waals surface area contributed by atoms with Crippen molar-refractivity contribution in [1.29, 1.82) is 0 Å². The number of morpholine rings is 1. The summed E-state index contributed by atoms with van der Waals surface area (Å²) in [6, 6.07) is 1.64. The van der Waals surface area contributed by atoms with Crippen LogP contribution < -0.4 is 0 Å². The maximum atomic E-state index is 12.5. The summed E-state index contributed by atoms with van der Waals surface area (Å²) in [5.74, 6) is 0.748. The van der Waals surface area contributed by atoms with E-state index in [4.69, 9.17) is 13.6 Å². The Bertz CT molecular complexity index is 653. The van der Waals surface area contributed by atoms with Crippen molar-refractivity contribution in [1.82, 2.24) is 15.1 Å². The molecule has 1 amide bonds. The van der Waals surface area contributed by atoms with E-state index >= 15 is 0 Å². The third-order valence-corrected chi connectivity index (χ3v) is 3.83. The molecule has 0 spiro atoms. The normalized spacial score (nSPS) is 22.5. The number of halogens is 1. The maximum Gasteiger partial charge on any atom is 0.258 e. The Kier molecular flexibility index (Phi) is 3.81. The molecule has 0 aliphatic carbocycles. The second kappa shape index (κ2) is 5.61. The molecule has 112 valence electrons. The van der Waals surface area contributed by atoms with E-state index in [0.717, 1.165) is 0 Å². The highest BCUT2D eigenvalue weighted by atomic mass is 79.9. The lowest BCUT2D eigenvalue weighted by Crippen LogP contribution is -2.46. The molecule has 1 fully saturated rings. The topological polar surface area (TPSA) is 81.6 Å². The first-order valence-corrected chi connectivity index (χ1v) is 7.31. The first-order chi connectivity index (χ1) is 10.0. The van der Waals surface area contributed by atoms with Crippen molar-refractivity contribution >= 4 is 21.8 Å². The fourth-order valence-corrected chi connectivity index (χ4v) is 2.72. The van der Waals surface area contributed by atoms with Gasteiger partial charge in [0, 0.05) is 13.5 Å². The number of ether oxygens (including phenoxy) is 1. The summed E-state index contributed by atoms with van der Waals surface area (Å²) in [7, 11) is 0. The molecule has 0 bridgehead atoms. The van der Waals surface area contributed by atoms with E-state index in [1.165, 1.54) is 6.26 Å². The fraction of sp³-hybridized carbons (Fsp3) is 0.462. The Hall–Kier alpha value is -1.67. The van der Waals surface area contributed by atoms with Crippen LogP contribution in [0.15, 0.2) is 25.8 Å². The number of amides is 1. The number of aromatic nitrogens is 2. The number of nitrogens with zero attached hydrogens (tertiary/aromatic N) is 3. The van der Waals surface area contributed by atoms with Gasteiger partial charge in [-0.3, -0.25) is 4.79 Å². The van der Waals surface area contributed by atoms with Crippen LogP contribution in [0.4, 0.5) is 0 Å². The third kappa shape index (κ3) is 2.86. The molecule has 0 radical (unpaired) electrons. The second-order valence-corrected chi connectivity index (χ2v) is 5.63. The summed E-state index contributed by atoms with van der Waals surface area (Å²) in [5.41, 5.74) is 0.490. The minimum absolute atomic E-state index is 0.119. The van der Waals surface area contributed by atoms with Gasteiger partial charge in [0.15, 0.2) is 10.8 Å². The number of furan rings is 1. The molecule has 3 heterocycles. The van der Waals surface area contributed by atoms with Crippen molar-refractivity contribution in [2.75, 3.05) is 13.1 Å². The van der Waals surface area contributed by atoms with Gasteiger partial charge in [0.1, 0.15) is 0 Å². The van der Waals surface area contributed by atoms with Gasteiger partial charge in [0.05, 0.1) is 24.5 Å². The first-order valence-electron chi connectivity index (χ1n) is 6.52. The largest absolute Gasteiger partial charge is 0.457 e. The van der Waals surface area contributed by atoms with Crippen LogP contribution in [0.2, 0.25) is 0 Å². The Morgan fingerprint density at radius 2 is 2.24 bits per heavy atom. The molecule has 1 aliphatic heterocycles. The summed E-state index contributed by atoms with van der Waals surface area (Å²) in [6.45, 7) is 4.48. The Morgan fingerprint density at radius 1 is 1.43 bits per heavy atom. The van der Waals surface area contributed by atoms with Gasteiger partial charge < -0.3 is 18.5 Å². The molecule has 0 aromatic carbocycles. The number of hydrogen-bond acceptors (Lipinski definition) is 6. The standard InChI is InChI=1S/C13H14BrN3O4/c1-7-5-17(13(18)9-3-4-19-11(9)14)6-10(20-7)12-16-15-8(2)21-12/h3-4,7,10H,5-6H2,1-2H3/t7-,10-/m1/s1. The minimum atomic E-state index is -0.412. The molecule has 0 N–H and O–H groups in total. The smallest absolute Gasteiger partial charge is 0.258 e. The van der Waals surface area contributed by atoms with Crippen LogP contribution in [0.1, 0.15) is 35.2 Å². The number of carbonyl (C=O) groups excluding carboxylic acids is 1. The zero-order valence-electron chi connectivity index (χ0n) is 11.6. The molecule has 1 aliphatic rings. The quantitative estimate of drug-likeness (QED) is 0.822. The van der Waals surface area contributed by atoms with Gasteiger partial charge in [-0.15, -0.1) is 10.2 Å². The Balaban J connectivity index is 1.80. The molecule has 1 saturated heterocycles. The zero-order valence-corrected chi connectivity index (χ0v) is 13.2. The van der Waals surface area contributed by atoms with Gasteiger partial charge in [0.25, 0.3) is 5.91 Å². The van der Waals surface area contributed by atoms with Crippen LogP contribution in [0.3, 0.4) is 0 Å². The van der Waals surface area contributed by atoms with Crippen LogP contribution in [0.5, 0.6) is 0 Å². The molecule has 3 rings (SSSR count). The zero-order chi connectivity index (χ0) is 15.0. The monoisotopic (exact) mass is 355 g/mol. The van der Waals surface area contributed by atoms with Gasteiger partial charge in [-0.1, -0.05) is 0 Å². The van der Waals surface area contributed by atoms with Crippen molar-refractivity contribution in [2.24, 2.45) is 0 Å². The van der Waals surface area contributed by atoms with Crippen molar-refractivity contribution in [3.8, 4) is 0 Å². The van der Waals surface area contributed by atoms with E-state index in [9.17, 15) is 4.79 Å². The predicted octanol–water partition coefficient (Wildman–Crippen LogP) is 2.34. The van der Waals surface area contributed by atoms with E-state index in [1.54, 1.807) is 17.9 Å². The lowest BCUT2D eigenvalue weighted by atomic mass is 10.2. The van der Waals surface area contributed by atoms with Gasteiger partial charge in [-0.25, -0.2) is 0 Å². The van der Waals surface area contributed by atoms with Crippen LogP contribution in [0.25, 0.3) is 0 Å². The lowest BCUT2D eigenvalue weighted by Gasteiger charge is -2.35. The molecule has 7 nitrogen and oxygen atoms in total.